The van der Waals surface area contributed by atoms with Crippen molar-refractivity contribution in [1.82, 2.24) is 10.6 Å². The van der Waals surface area contributed by atoms with Crippen molar-refractivity contribution in [2.75, 3.05) is 0 Å². The number of hydrogen-bond acceptors (Lipinski definition) is 5. The number of benzene rings is 1. The zero-order valence-corrected chi connectivity index (χ0v) is 15.2. The molecular formula is C18H22N2O5S. The normalized spacial score (nSPS) is 18.1. The summed E-state index contributed by atoms with van der Waals surface area (Å²) in [4.78, 5) is 35.5. The third kappa shape index (κ3) is 6.11. The maximum Gasteiger partial charge on any atom is 0.326 e. The van der Waals surface area contributed by atoms with E-state index in [0.29, 0.717) is 12.0 Å². The minimum absolute atomic E-state index is 0.0773. The highest BCUT2D eigenvalue weighted by Gasteiger charge is 2.28. The van der Waals surface area contributed by atoms with E-state index in [0.717, 1.165) is 6.42 Å². The van der Waals surface area contributed by atoms with Crippen LogP contribution in [0.5, 0.6) is 5.75 Å². The number of carbonyl (C=O) groups excluding carboxylic acids is 2. The second-order valence-corrected chi connectivity index (χ2v) is 7.34. The molecule has 4 N–H and O–H groups in total. The summed E-state index contributed by atoms with van der Waals surface area (Å²) < 4.78 is 0. The number of amides is 2. The highest BCUT2D eigenvalue weighted by molar-refractivity contribution is 8.03. The van der Waals surface area contributed by atoms with E-state index in [1.807, 2.05) is 11.5 Å². The highest BCUT2D eigenvalue weighted by atomic mass is 32.2. The van der Waals surface area contributed by atoms with Gasteiger partial charge in [0, 0.05) is 18.6 Å². The molecule has 0 bridgehead atoms. The summed E-state index contributed by atoms with van der Waals surface area (Å²) in [6, 6.07) is 4.21. The van der Waals surface area contributed by atoms with Crippen LogP contribution in [0.3, 0.4) is 0 Å². The zero-order chi connectivity index (χ0) is 19.1. The molecule has 26 heavy (non-hydrogen) atoms. The summed E-state index contributed by atoms with van der Waals surface area (Å²) in [5.41, 5.74) is 0.669. The molecule has 7 nitrogen and oxygen atoms in total. The molecule has 0 radical (unpaired) electrons. The van der Waals surface area contributed by atoms with Crippen LogP contribution in [0.4, 0.5) is 0 Å². The SMILES string of the molecule is CC(=O)N[C@@H](CC1CC=CS1)C(=O)N[C@H](Cc1ccc(O)cc1)C(=O)O. The first kappa shape index (κ1) is 19.8. The molecule has 1 aromatic carbocycles. The Morgan fingerprint density at radius 3 is 2.42 bits per heavy atom. The number of carbonyl (C=O) groups is 3. The van der Waals surface area contributed by atoms with Crippen LogP contribution in [0.2, 0.25) is 0 Å². The Kier molecular flexibility index (Phi) is 7.08. The van der Waals surface area contributed by atoms with E-state index in [-0.39, 0.29) is 23.3 Å². The molecule has 140 valence electrons. The fourth-order valence-electron chi connectivity index (χ4n) is 2.66. The van der Waals surface area contributed by atoms with Crippen LogP contribution >= 0.6 is 11.8 Å². The molecule has 0 aliphatic carbocycles. The molecule has 1 heterocycles. The number of carboxylic acid groups (broad SMARTS) is 1. The molecule has 0 saturated heterocycles. The lowest BCUT2D eigenvalue weighted by Crippen LogP contribution is -2.52. The highest BCUT2D eigenvalue weighted by Crippen LogP contribution is 2.27. The van der Waals surface area contributed by atoms with Crippen LogP contribution in [0.15, 0.2) is 35.7 Å². The van der Waals surface area contributed by atoms with E-state index in [4.69, 9.17) is 0 Å². The Hall–Kier alpha value is -2.48. The number of phenols is 1. The van der Waals surface area contributed by atoms with Crippen LogP contribution in [0.1, 0.15) is 25.3 Å². The fourth-order valence-corrected chi connectivity index (χ4v) is 3.63. The number of aliphatic carboxylic acids is 1. The number of carboxylic acids is 1. The minimum atomic E-state index is -1.16. The van der Waals surface area contributed by atoms with Gasteiger partial charge in [0.2, 0.25) is 11.8 Å². The van der Waals surface area contributed by atoms with Gasteiger partial charge in [-0.25, -0.2) is 4.79 Å². The summed E-state index contributed by atoms with van der Waals surface area (Å²) in [5.74, 6) is -1.94. The molecule has 2 rings (SSSR count). The van der Waals surface area contributed by atoms with E-state index in [1.165, 1.54) is 19.1 Å². The third-order valence-electron chi connectivity index (χ3n) is 3.95. The lowest BCUT2D eigenvalue weighted by Gasteiger charge is -2.23. The Balaban J connectivity index is 2.03. The molecule has 0 saturated carbocycles. The predicted octanol–water partition coefficient (Wildman–Crippen LogP) is 1.42. The lowest BCUT2D eigenvalue weighted by atomic mass is 10.0. The molecule has 1 aliphatic rings. The predicted molar refractivity (Wildman–Crippen MR) is 98.7 cm³/mol. The quantitative estimate of drug-likeness (QED) is 0.544. The Morgan fingerprint density at radius 2 is 1.88 bits per heavy atom. The number of rotatable bonds is 8. The van der Waals surface area contributed by atoms with Gasteiger partial charge in [-0.05, 0) is 35.9 Å². The number of hydrogen-bond donors (Lipinski definition) is 4. The lowest BCUT2D eigenvalue weighted by molar-refractivity contribution is -0.142. The summed E-state index contributed by atoms with van der Waals surface area (Å²) >= 11 is 1.59. The number of phenolic OH excluding ortho intramolecular Hbond substituents is 1. The van der Waals surface area contributed by atoms with Gasteiger partial charge in [-0.3, -0.25) is 9.59 Å². The number of allylic oxidation sites excluding steroid dienone is 1. The van der Waals surface area contributed by atoms with E-state index >= 15 is 0 Å². The molecule has 1 unspecified atom stereocenters. The van der Waals surface area contributed by atoms with Crippen molar-refractivity contribution >= 4 is 29.5 Å². The van der Waals surface area contributed by atoms with Gasteiger partial charge in [-0.2, -0.15) is 0 Å². The van der Waals surface area contributed by atoms with Gasteiger partial charge in [0.1, 0.15) is 17.8 Å². The van der Waals surface area contributed by atoms with Gasteiger partial charge >= 0.3 is 5.97 Å². The molecule has 1 aromatic rings. The van der Waals surface area contributed by atoms with Crippen LogP contribution in [-0.4, -0.2) is 45.3 Å². The molecule has 0 spiro atoms. The van der Waals surface area contributed by atoms with Crippen molar-refractivity contribution < 1.29 is 24.6 Å². The first-order chi connectivity index (χ1) is 12.3. The largest absolute Gasteiger partial charge is 0.508 e. The van der Waals surface area contributed by atoms with Crippen molar-refractivity contribution in [3.63, 3.8) is 0 Å². The zero-order valence-electron chi connectivity index (χ0n) is 14.3. The van der Waals surface area contributed by atoms with Gasteiger partial charge in [0.25, 0.3) is 0 Å². The number of thioether (sulfide) groups is 1. The van der Waals surface area contributed by atoms with Crippen LogP contribution in [0, 0.1) is 0 Å². The molecule has 8 heteroatoms. The third-order valence-corrected chi connectivity index (χ3v) is 5.07. The molecule has 2 amide bonds. The first-order valence-electron chi connectivity index (χ1n) is 8.24. The van der Waals surface area contributed by atoms with Crippen molar-refractivity contribution in [3.05, 3.63) is 41.3 Å². The van der Waals surface area contributed by atoms with E-state index in [2.05, 4.69) is 10.6 Å². The monoisotopic (exact) mass is 378 g/mol. The average molecular weight is 378 g/mol. The van der Waals surface area contributed by atoms with Gasteiger partial charge in [0.05, 0.1) is 0 Å². The van der Waals surface area contributed by atoms with Crippen LogP contribution in [0.25, 0.3) is 0 Å². The molecular weight excluding hydrogens is 356 g/mol. The second-order valence-electron chi connectivity index (χ2n) is 6.12. The first-order valence-corrected chi connectivity index (χ1v) is 9.18. The van der Waals surface area contributed by atoms with Crippen molar-refractivity contribution in [2.24, 2.45) is 0 Å². The van der Waals surface area contributed by atoms with E-state index < -0.39 is 24.0 Å². The van der Waals surface area contributed by atoms with Gasteiger partial charge in [-0.15, -0.1) is 11.8 Å². The summed E-state index contributed by atoms with van der Waals surface area (Å²) in [5, 5.41) is 26.0. The van der Waals surface area contributed by atoms with Crippen molar-refractivity contribution in [1.29, 1.82) is 0 Å². The molecule has 3 atom stereocenters. The number of nitrogens with one attached hydrogen (secondary N) is 2. The van der Waals surface area contributed by atoms with Gasteiger partial charge in [-0.1, -0.05) is 18.2 Å². The number of aromatic hydroxyl groups is 1. The topological polar surface area (TPSA) is 116 Å². The van der Waals surface area contributed by atoms with Gasteiger partial charge < -0.3 is 20.8 Å². The molecule has 0 fully saturated rings. The maximum absolute atomic E-state index is 12.6. The standard InChI is InChI=1S/C18H22N2O5S/c1-11(21)19-15(10-14-3-2-8-26-14)17(23)20-16(18(24)25)9-12-4-6-13(22)7-5-12/h2,4-8,14-16,22H,3,9-10H2,1H3,(H,19,21)(H,20,23)(H,24,25)/t14?,15-,16+/m0/s1. The van der Waals surface area contributed by atoms with Crippen LogP contribution < -0.4 is 10.6 Å². The fraction of sp³-hybridized carbons (Fsp3) is 0.389. The molecule has 0 aromatic heterocycles. The second kappa shape index (κ2) is 9.28. The Bertz CT molecular complexity index is 681. The van der Waals surface area contributed by atoms with E-state index in [9.17, 15) is 24.6 Å². The van der Waals surface area contributed by atoms with Crippen molar-refractivity contribution in [2.45, 2.75) is 43.5 Å². The van der Waals surface area contributed by atoms with Crippen molar-refractivity contribution in [3.8, 4) is 5.75 Å². The van der Waals surface area contributed by atoms with Gasteiger partial charge in [0.15, 0.2) is 0 Å². The smallest absolute Gasteiger partial charge is 0.326 e. The van der Waals surface area contributed by atoms with Crippen LogP contribution in [-0.2, 0) is 20.8 Å². The summed E-state index contributed by atoms with van der Waals surface area (Å²) in [6.07, 6.45) is 3.31. The minimum Gasteiger partial charge on any atom is -0.508 e. The Morgan fingerprint density at radius 1 is 1.19 bits per heavy atom. The maximum atomic E-state index is 12.6. The Labute approximate surface area is 155 Å². The van der Waals surface area contributed by atoms with E-state index in [1.54, 1.807) is 23.9 Å². The summed E-state index contributed by atoms with van der Waals surface area (Å²) in [7, 11) is 0. The molecule has 1 aliphatic heterocycles. The summed E-state index contributed by atoms with van der Waals surface area (Å²) in [6.45, 7) is 1.32. The average Bonchev–Trinajstić information content (AvgIpc) is 3.08.